The van der Waals surface area contributed by atoms with Crippen LogP contribution in [0.2, 0.25) is 0 Å². The first-order valence-corrected chi connectivity index (χ1v) is 8.46. The molecule has 0 aromatic heterocycles. The zero-order valence-corrected chi connectivity index (χ0v) is 13.1. The summed E-state index contributed by atoms with van der Waals surface area (Å²) in [6, 6.07) is 2.76. The van der Waals surface area contributed by atoms with Gasteiger partial charge in [-0.25, -0.2) is 8.42 Å². The molecule has 0 spiro atoms. The number of hydrogen-bond donors (Lipinski definition) is 2. The molecule has 0 saturated heterocycles. The van der Waals surface area contributed by atoms with E-state index in [0.29, 0.717) is 6.42 Å². The lowest BCUT2D eigenvalue weighted by molar-refractivity contribution is -0.139. The molecule has 22 heavy (non-hydrogen) atoms. The molecule has 1 unspecified atom stereocenters. The van der Waals surface area contributed by atoms with E-state index in [1.807, 2.05) is 4.72 Å². The fourth-order valence-corrected chi connectivity index (χ4v) is 3.36. The molecule has 1 atom stereocenters. The Bertz CT molecular complexity index is 614. The van der Waals surface area contributed by atoms with Crippen LogP contribution in [0.15, 0.2) is 34.1 Å². The van der Waals surface area contributed by atoms with Gasteiger partial charge in [0.25, 0.3) is 0 Å². The minimum Gasteiger partial charge on any atom is -0.480 e. The maximum Gasteiger partial charge on any atom is 0.446 e. The van der Waals surface area contributed by atoms with Crippen molar-refractivity contribution in [2.45, 2.75) is 41.1 Å². The van der Waals surface area contributed by atoms with E-state index in [1.165, 1.54) is 0 Å². The summed E-state index contributed by atoms with van der Waals surface area (Å²) in [7, 11) is -4.11. The summed E-state index contributed by atoms with van der Waals surface area (Å²) in [6.07, 6.45) is 0.567. The lowest BCUT2D eigenvalue weighted by Gasteiger charge is -2.14. The van der Waals surface area contributed by atoms with Gasteiger partial charge in [0, 0.05) is 4.90 Å². The van der Waals surface area contributed by atoms with E-state index in [4.69, 9.17) is 5.11 Å². The molecule has 10 heteroatoms. The Kier molecular flexibility index (Phi) is 6.27. The number of carbonyl (C=O) groups is 1. The van der Waals surface area contributed by atoms with E-state index < -0.39 is 27.5 Å². The molecule has 1 aromatic rings. The molecule has 1 rings (SSSR count). The quantitative estimate of drug-likeness (QED) is 0.733. The molecule has 0 bridgehead atoms. The van der Waals surface area contributed by atoms with Crippen molar-refractivity contribution < 1.29 is 31.5 Å². The monoisotopic (exact) mass is 357 g/mol. The summed E-state index contributed by atoms with van der Waals surface area (Å²) in [5.41, 5.74) is -4.46. The van der Waals surface area contributed by atoms with Crippen molar-refractivity contribution in [1.29, 1.82) is 0 Å². The van der Waals surface area contributed by atoms with Gasteiger partial charge in [-0.3, -0.25) is 4.79 Å². The minimum atomic E-state index is -4.46. The summed E-state index contributed by atoms with van der Waals surface area (Å²) in [5.74, 6) is -1.31. The summed E-state index contributed by atoms with van der Waals surface area (Å²) in [6.45, 7) is 1.70. The van der Waals surface area contributed by atoms with Crippen LogP contribution in [-0.4, -0.2) is 31.0 Å². The van der Waals surface area contributed by atoms with E-state index in [0.717, 1.165) is 24.3 Å². The summed E-state index contributed by atoms with van der Waals surface area (Å²) in [4.78, 5) is 10.5. The standard InChI is InChI=1S/C12H14F3NO4S2/c1-2-3-10(11(17)18)16-22(19,20)9-6-4-8(5-7-9)21-12(13,14)15/h4-7,10,16H,2-3H2,1H3,(H,17,18). The maximum atomic E-state index is 12.2. The van der Waals surface area contributed by atoms with Gasteiger partial charge in [0.2, 0.25) is 10.0 Å². The highest BCUT2D eigenvalue weighted by Crippen LogP contribution is 2.36. The summed E-state index contributed by atoms with van der Waals surface area (Å²) in [5, 5.41) is 8.93. The van der Waals surface area contributed by atoms with Crippen LogP contribution in [0, 0.1) is 0 Å². The molecular weight excluding hydrogens is 343 g/mol. The van der Waals surface area contributed by atoms with Crippen molar-refractivity contribution in [3.63, 3.8) is 0 Å². The SMILES string of the molecule is CCCC(NS(=O)(=O)c1ccc(SC(F)(F)F)cc1)C(=O)O. The third-order valence-electron chi connectivity index (χ3n) is 2.54. The average Bonchev–Trinajstić information content (AvgIpc) is 2.36. The number of carboxylic acids is 1. The van der Waals surface area contributed by atoms with E-state index in [1.54, 1.807) is 6.92 Å². The predicted octanol–water partition coefficient (Wildman–Crippen LogP) is 2.83. The Balaban J connectivity index is 2.91. The van der Waals surface area contributed by atoms with Gasteiger partial charge in [0.05, 0.1) is 4.90 Å². The van der Waals surface area contributed by atoms with Crippen molar-refractivity contribution in [2.75, 3.05) is 0 Å². The van der Waals surface area contributed by atoms with Crippen LogP contribution in [0.4, 0.5) is 13.2 Å². The number of thioether (sulfide) groups is 1. The zero-order valence-electron chi connectivity index (χ0n) is 11.4. The fourth-order valence-electron chi connectivity index (χ4n) is 1.60. The largest absolute Gasteiger partial charge is 0.480 e. The Hall–Kier alpha value is -1.26. The third-order valence-corrected chi connectivity index (χ3v) is 4.77. The smallest absolute Gasteiger partial charge is 0.446 e. The first kappa shape index (κ1) is 18.8. The van der Waals surface area contributed by atoms with E-state index in [9.17, 15) is 26.4 Å². The highest BCUT2D eigenvalue weighted by molar-refractivity contribution is 8.00. The van der Waals surface area contributed by atoms with Gasteiger partial charge in [-0.1, -0.05) is 13.3 Å². The van der Waals surface area contributed by atoms with Crippen LogP contribution < -0.4 is 4.72 Å². The summed E-state index contributed by atoms with van der Waals surface area (Å²) < 4.78 is 62.6. The number of hydrogen-bond acceptors (Lipinski definition) is 4. The van der Waals surface area contributed by atoms with E-state index >= 15 is 0 Å². The molecule has 0 amide bonds. The molecule has 1 aromatic carbocycles. The molecule has 0 aliphatic rings. The van der Waals surface area contributed by atoms with Crippen molar-refractivity contribution in [2.24, 2.45) is 0 Å². The van der Waals surface area contributed by atoms with Gasteiger partial charge >= 0.3 is 11.5 Å². The molecule has 0 saturated carbocycles. The van der Waals surface area contributed by atoms with E-state index in [2.05, 4.69) is 0 Å². The topological polar surface area (TPSA) is 83.5 Å². The number of sulfonamides is 1. The second-order valence-corrected chi connectivity index (χ2v) is 7.17. The van der Waals surface area contributed by atoms with Crippen molar-refractivity contribution in [3.05, 3.63) is 24.3 Å². The fraction of sp³-hybridized carbons (Fsp3) is 0.417. The Morgan fingerprint density at radius 1 is 1.32 bits per heavy atom. The molecular formula is C12H14F3NO4S2. The molecule has 0 heterocycles. The van der Waals surface area contributed by atoms with Crippen LogP contribution in [-0.2, 0) is 14.8 Å². The Morgan fingerprint density at radius 2 is 1.86 bits per heavy atom. The second-order valence-electron chi connectivity index (χ2n) is 4.32. The maximum absolute atomic E-state index is 12.2. The van der Waals surface area contributed by atoms with Crippen LogP contribution in [0.3, 0.4) is 0 Å². The number of carboxylic acid groups (broad SMARTS) is 1. The number of nitrogens with one attached hydrogen (secondary N) is 1. The molecule has 5 nitrogen and oxygen atoms in total. The second kappa shape index (κ2) is 7.34. The molecule has 2 N–H and O–H groups in total. The minimum absolute atomic E-state index is 0.108. The van der Waals surface area contributed by atoms with Crippen LogP contribution in [0.1, 0.15) is 19.8 Å². The Morgan fingerprint density at radius 3 is 2.27 bits per heavy atom. The average molecular weight is 357 g/mol. The van der Waals surface area contributed by atoms with Gasteiger partial charge in [-0.15, -0.1) is 0 Å². The molecule has 0 fully saturated rings. The lowest BCUT2D eigenvalue weighted by Crippen LogP contribution is -2.40. The first-order valence-electron chi connectivity index (χ1n) is 6.16. The molecule has 0 aliphatic heterocycles. The molecule has 124 valence electrons. The van der Waals surface area contributed by atoms with Crippen molar-refractivity contribution in [3.8, 4) is 0 Å². The van der Waals surface area contributed by atoms with Gasteiger partial charge in [0.15, 0.2) is 0 Å². The van der Waals surface area contributed by atoms with Gasteiger partial charge in [-0.2, -0.15) is 17.9 Å². The number of benzene rings is 1. The predicted molar refractivity (Wildman–Crippen MR) is 75.0 cm³/mol. The number of alkyl halides is 3. The highest BCUT2D eigenvalue weighted by atomic mass is 32.2. The first-order chi connectivity index (χ1) is 10.0. The molecule has 0 aliphatic carbocycles. The van der Waals surface area contributed by atoms with Crippen LogP contribution >= 0.6 is 11.8 Å². The number of halogens is 3. The normalized spacial score (nSPS) is 13.8. The molecule has 0 radical (unpaired) electrons. The third kappa shape index (κ3) is 5.85. The van der Waals surface area contributed by atoms with Gasteiger partial charge in [0.1, 0.15) is 6.04 Å². The van der Waals surface area contributed by atoms with Crippen LogP contribution in [0.5, 0.6) is 0 Å². The number of aliphatic carboxylic acids is 1. The van der Waals surface area contributed by atoms with E-state index in [-0.39, 0.29) is 28.0 Å². The highest BCUT2D eigenvalue weighted by Gasteiger charge is 2.29. The van der Waals surface area contributed by atoms with Crippen molar-refractivity contribution >= 4 is 27.8 Å². The van der Waals surface area contributed by atoms with Gasteiger partial charge < -0.3 is 5.11 Å². The van der Waals surface area contributed by atoms with Gasteiger partial charge in [-0.05, 0) is 42.4 Å². The number of rotatable bonds is 7. The Labute approximate surface area is 130 Å². The van der Waals surface area contributed by atoms with Crippen molar-refractivity contribution in [1.82, 2.24) is 4.72 Å². The zero-order chi connectivity index (χ0) is 17.0. The lowest BCUT2D eigenvalue weighted by atomic mass is 10.2. The van der Waals surface area contributed by atoms with Crippen LogP contribution in [0.25, 0.3) is 0 Å². The summed E-state index contributed by atoms with van der Waals surface area (Å²) >= 11 is -0.362.